The van der Waals surface area contributed by atoms with Crippen LogP contribution in [0, 0.1) is 0 Å². The standard InChI is InChI=1S/C24H31N3O4/c1-29-21-6-4-5-20(15-21)26-11-9-25(10-12-26)17-24(28)27-8-7-18-13-22(30-2)23(31-3)14-19(18)16-27/h4-6,13-15H,7-12,16-17H2,1-3H3/p+1. The van der Waals surface area contributed by atoms with Crippen molar-refractivity contribution >= 4 is 11.6 Å². The Morgan fingerprint density at radius 2 is 1.65 bits per heavy atom. The number of hydrogen-bond acceptors (Lipinski definition) is 5. The normalized spacial score (nSPS) is 16.6. The van der Waals surface area contributed by atoms with Crippen molar-refractivity contribution in [2.75, 3.05) is 65.5 Å². The van der Waals surface area contributed by atoms with Crippen LogP contribution in [0.1, 0.15) is 11.1 Å². The van der Waals surface area contributed by atoms with Crippen molar-refractivity contribution in [3.05, 3.63) is 47.5 Å². The molecule has 0 aliphatic carbocycles. The predicted molar refractivity (Wildman–Crippen MR) is 119 cm³/mol. The summed E-state index contributed by atoms with van der Waals surface area (Å²) >= 11 is 0. The van der Waals surface area contributed by atoms with Crippen molar-refractivity contribution in [2.45, 2.75) is 13.0 Å². The van der Waals surface area contributed by atoms with Crippen LogP contribution in [0.5, 0.6) is 17.2 Å². The lowest BCUT2D eigenvalue weighted by atomic mass is 9.98. The fourth-order valence-corrected chi connectivity index (χ4v) is 4.49. The number of amides is 1. The van der Waals surface area contributed by atoms with Crippen LogP contribution < -0.4 is 24.0 Å². The second-order valence-electron chi connectivity index (χ2n) is 8.16. The molecule has 1 N–H and O–H groups in total. The average molecular weight is 427 g/mol. The Hall–Kier alpha value is -2.93. The number of nitrogens with one attached hydrogen (secondary N) is 1. The van der Waals surface area contributed by atoms with Crippen molar-refractivity contribution in [1.29, 1.82) is 0 Å². The Labute approximate surface area is 184 Å². The van der Waals surface area contributed by atoms with E-state index in [1.165, 1.54) is 16.2 Å². The maximum Gasteiger partial charge on any atom is 0.278 e. The first-order chi connectivity index (χ1) is 15.1. The maximum absolute atomic E-state index is 13.0. The Bertz CT molecular complexity index is 925. The minimum atomic E-state index is 0.227. The summed E-state index contributed by atoms with van der Waals surface area (Å²) in [5.41, 5.74) is 3.57. The van der Waals surface area contributed by atoms with E-state index in [0.29, 0.717) is 13.1 Å². The molecule has 0 aromatic heterocycles. The SMILES string of the molecule is COc1cccc(N2CC[NH+](CC(=O)N3CCc4cc(OC)c(OC)cc4C3)CC2)c1. The smallest absolute Gasteiger partial charge is 0.278 e. The third-order valence-electron chi connectivity index (χ3n) is 6.36. The molecule has 0 atom stereocenters. The molecule has 7 heteroatoms. The highest BCUT2D eigenvalue weighted by Gasteiger charge is 2.28. The highest BCUT2D eigenvalue weighted by molar-refractivity contribution is 5.77. The van der Waals surface area contributed by atoms with Gasteiger partial charge < -0.3 is 28.9 Å². The minimum Gasteiger partial charge on any atom is -0.497 e. The van der Waals surface area contributed by atoms with E-state index < -0.39 is 0 Å². The van der Waals surface area contributed by atoms with Gasteiger partial charge in [0.15, 0.2) is 18.0 Å². The number of hydrogen-bond donors (Lipinski definition) is 1. The molecule has 2 aromatic carbocycles. The number of piperazine rings is 1. The molecule has 0 unspecified atom stereocenters. The first kappa shape index (κ1) is 21.3. The topological polar surface area (TPSA) is 55.7 Å². The summed E-state index contributed by atoms with van der Waals surface area (Å²) in [6.07, 6.45) is 0.848. The molecular formula is C24H32N3O4+. The zero-order valence-electron chi connectivity index (χ0n) is 18.6. The molecule has 0 bridgehead atoms. The van der Waals surface area contributed by atoms with Crippen LogP contribution in [0.2, 0.25) is 0 Å². The molecule has 0 spiro atoms. The highest BCUT2D eigenvalue weighted by atomic mass is 16.5. The molecule has 4 rings (SSSR count). The second kappa shape index (κ2) is 9.47. The van der Waals surface area contributed by atoms with Gasteiger partial charge in [-0.25, -0.2) is 0 Å². The number of benzene rings is 2. The number of fused-ring (bicyclic) bond motifs is 1. The van der Waals surface area contributed by atoms with Gasteiger partial charge in [-0.1, -0.05) is 6.07 Å². The molecule has 2 aliphatic rings. The molecule has 2 aromatic rings. The Morgan fingerprint density at radius 3 is 2.32 bits per heavy atom. The number of carbonyl (C=O) groups is 1. The zero-order valence-corrected chi connectivity index (χ0v) is 18.6. The molecule has 2 aliphatic heterocycles. The first-order valence-corrected chi connectivity index (χ1v) is 10.9. The summed E-state index contributed by atoms with van der Waals surface area (Å²) in [5.74, 6) is 2.57. The molecule has 0 radical (unpaired) electrons. The maximum atomic E-state index is 13.0. The number of carbonyl (C=O) groups excluding carboxylic acids is 1. The van der Waals surface area contributed by atoms with Crippen LogP contribution in [-0.4, -0.2) is 71.4 Å². The minimum absolute atomic E-state index is 0.227. The van der Waals surface area contributed by atoms with Crippen molar-refractivity contribution < 1.29 is 23.9 Å². The summed E-state index contributed by atoms with van der Waals surface area (Å²) in [7, 11) is 4.99. The highest BCUT2D eigenvalue weighted by Crippen LogP contribution is 2.33. The lowest BCUT2D eigenvalue weighted by molar-refractivity contribution is -0.892. The lowest BCUT2D eigenvalue weighted by Gasteiger charge is -2.35. The Morgan fingerprint density at radius 1 is 0.935 bits per heavy atom. The number of quaternary nitrogens is 1. The summed E-state index contributed by atoms with van der Waals surface area (Å²) in [5, 5.41) is 0. The van der Waals surface area contributed by atoms with Crippen LogP contribution in [0.3, 0.4) is 0 Å². The van der Waals surface area contributed by atoms with E-state index in [-0.39, 0.29) is 5.91 Å². The van der Waals surface area contributed by atoms with Crippen LogP contribution in [0.15, 0.2) is 36.4 Å². The number of anilines is 1. The third-order valence-corrected chi connectivity index (χ3v) is 6.36. The van der Waals surface area contributed by atoms with Crippen molar-refractivity contribution in [3.63, 3.8) is 0 Å². The molecule has 2 heterocycles. The largest absolute Gasteiger partial charge is 0.497 e. The molecule has 1 fully saturated rings. The Kier molecular flexibility index (Phi) is 6.51. The summed E-state index contributed by atoms with van der Waals surface area (Å²) in [4.78, 5) is 18.7. The van der Waals surface area contributed by atoms with E-state index in [2.05, 4.69) is 17.0 Å². The van der Waals surface area contributed by atoms with Crippen molar-refractivity contribution in [1.82, 2.24) is 4.90 Å². The quantitative estimate of drug-likeness (QED) is 0.747. The van der Waals surface area contributed by atoms with Gasteiger partial charge >= 0.3 is 0 Å². The lowest BCUT2D eigenvalue weighted by Crippen LogP contribution is -3.15. The van der Waals surface area contributed by atoms with E-state index in [9.17, 15) is 4.79 Å². The van der Waals surface area contributed by atoms with Crippen LogP contribution in [0.4, 0.5) is 5.69 Å². The number of rotatable bonds is 6. The van der Waals surface area contributed by atoms with Gasteiger partial charge in [-0.2, -0.15) is 0 Å². The fraction of sp³-hybridized carbons (Fsp3) is 0.458. The molecule has 0 saturated carbocycles. The van der Waals surface area contributed by atoms with Gasteiger partial charge in [-0.05, 0) is 41.8 Å². The van der Waals surface area contributed by atoms with Gasteiger partial charge in [0, 0.05) is 24.8 Å². The first-order valence-electron chi connectivity index (χ1n) is 10.9. The zero-order chi connectivity index (χ0) is 21.8. The molecule has 1 amide bonds. The summed E-state index contributed by atoms with van der Waals surface area (Å²) in [6, 6.07) is 12.2. The van der Waals surface area contributed by atoms with E-state index in [0.717, 1.165) is 62.0 Å². The van der Waals surface area contributed by atoms with Crippen LogP contribution in [-0.2, 0) is 17.8 Å². The third kappa shape index (κ3) is 4.71. The molecular weight excluding hydrogens is 394 g/mol. The van der Waals surface area contributed by atoms with Gasteiger partial charge in [0.2, 0.25) is 0 Å². The predicted octanol–water partition coefficient (Wildman–Crippen LogP) is 1.00. The summed E-state index contributed by atoms with van der Waals surface area (Å²) < 4.78 is 16.2. The molecule has 1 saturated heterocycles. The average Bonchev–Trinajstić information content (AvgIpc) is 2.83. The number of ether oxygens (including phenoxy) is 3. The van der Waals surface area contributed by atoms with Crippen LogP contribution >= 0.6 is 0 Å². The number of nitrogens with zero attached hydrogens (tertiary/aromatic N) is 2. The second-order valence-corrected chi connectivity index (χ2v) is 8.16. The molecule has 31 heavy (non-hydrogen) atoms. The van der Waals surface area contributed by atoms with Gasteiger partial charge in [0.05, 0.1) is 47.5 Å². The van der Waals surface area contributed by atoms with Gasteiger partial charge in [0.25, 0.3) is 5.91 Å². The Balaban J connectivity index is 1.32. The van der Waals surface area contributed by atoms with Gasteiger partial charge in [-0.3, -0.25) is 4.79 Å². The molecule has 7 nitrogen and oxygen atoms in total. The fourth-order valence-electron chi connectivity index (χ4n) is 4.49. The summed E-state index contributed by atoms with van der Waals surface area (Å²) in [6.45, 7) is 5.73. The van der Waals surface area contributed by atoms with E-state index in [4.69, 9.17) is 14.2 Å². The van der Waals surface area contributed by atoms with Gasteiger partial charge in [0.1, 0.15) is 5.75 Å². The monoisotopic (exact) mass is 426 g/mol. The van der Waals surface area contributed by atoms with E-state index in [1.807, 2.05) is 29.2 Å². The van der Waals surface area contributed by atoms with Crippen LogP contribution in [0.25, 0.3) is 0 Å². The van der Waals surface area contributed by atoms with E-state index >= 15 is 0 Å². The molecule has 166 valence electrons. The van der Waals surface area contributed by atoms with Gasteiger partial charge in [-0.15, -0.1) is 0 Å². The van der Waals surface area contributed by atoms with Crippen molar-refractivity contribution in [3.8, 4) is 17.2 Å². The van der Waals surface area contributed by atoms with E-state index in [1.54, 1.807) is 21.3 Å². The number of methoxy groups -OCH3 is 3. The van der Waals surface area contributed by atoms with Crippen molar-refractivity contribution in [2.24, 2.45) is 0 Å².